The van der Waals surface area contributed by atoms with Crippen LogP contribution in [-0.4, -0.2) is 6.54 Å². The molecule has 1 aromatic carbocycles. The Morgan fingerprint density at radius 2 is 2.14 bits per heavy atom. The molecule has 0 fully saturated rings. The van der Waals surface area contributed by atoms with Gasteiger partial charge in [0, 0.05) is 5.69 Å². The lowest BCUT2D eigenvalue weighted by Crippen LogP contribution is -2.03. The summed E-state index contributed by atoms with van der Waals surface area (Å²) < 4.78 is 0. The van der Waals surface area contributed by atoms with E-state index in [1.807, 2.05) is 6.07 Å². The van der Waals surface area contributed by atoms with Gasteiger partial charge in [-0.2, -0.15) is 0 Å². The van der Waals surface area contributed by atoms with E-state index in [1.165, 1.54) is 11.3 Å². The standard InChI is InChI=1S/C13H17N/c1-4-10-14-13-9-7-6-8-12(13)11(3)5-2/h1,6-9,11,14H,5,10H2,2-3H3. The smallest absolute Gasteiger partial charge is 0.0763 e. The largest absolute Gasteiger partial charge is 0.374 e. The Kier molecular flexibility index (Phi) is 4.07. The molecule has 1 heteroatoms. The van der Waals surface area contributed by atoms with Crippen LogP contribution >= 0.6 is 0 Å². The van der Waals surface area contributed by atoms with E-state index in [0.717, 1.165) is 6.42 Å². The van der Waals surface area contributed by atoms with E-state index in [2.05, 4.69) is 43.3 Å². The molecule has 1 unspecified atom stereocenters. The van der Waals surface area contributed by atoms with Gasteiger partial charge in [-0.1, -0.05) is 38.0 Å². The van der Waals surface area contributed by atoms with Crippen molar-refractivity contribution in [2.75, 3.05) is 11.9 Å². The van der Waals surface area contributed by atoms with Gasteiger partial charge in [-0.3, -0.25) is 0 Å². The molecule has 0 amide bonds. The second kappa shape index (κ2) is 5.34. The Morgan fingerprint density at radius 1 is 1.43 bits per heavy atom. The Labute approximate surface area is 86.5 Å². The normalized spacial score (nSPS) is 11.8. The minimum absolute atomic E-state index is 0.580. The summed E-state index contributed by atoms with van der Waals surface area (Å²) in [5, 5.41) is 3.24. The van der Waals surface area contributed by atoms with Crippen molar-refractivity contribution in [1.82, 2.24) is 0 Å². The van der Waals surface area contributed by atoms with E-state index in [9.17, 15) is 0 Å². The fourth-order valence-electron chi connectivity index (χ4n) is 1.45. The first-order chi connectivity index (χ1) is 6.79. The highest BCUT2D eigenvalue weighted by atomic mass is 14.9. The molecule has 14 heavy (non-hydrogen) atoms. The molecule has 1 aromatic rings. The highest BCUT2D eigenvalue weighted by molar-refractivity contribution is 5.53. The van der Waals surface area contributed by atoms with Crippen LogP contribution in [0.2, 0.25) is 0 Å². The van der Waals surface area contributed by atoms with E-state index in [1.54, 1.807) is 0 Å². The van der Waals surface area contributed by atoms with Crippen molar-refractivity contribution < 1.29 is 0 Å². The zero-order valence-electron chi connectivity index (χ0n) is 8.88. The van der Waals surface area contributed by atoms with Gasteiger partial charge in [0.05, 0.1) is 6.54 Å². The molecule has 1 nitrogen and oxygen atoms in total. The van der Waals surface area contributed by atoms with Crippen molar-refractivity contribution in [2.45, 2.75) is 26.2 Å². The van der Waals surface area contributed by atoms with Crippen molar-refractivity contribution in [2.24, 2.45) is 0 Å². The zero-order valence-corrected chi connectivity index (χ0v) is 8.88. The van der Waals surface area contributed by atoms with Crippen molar-refractivity contribution in [3.63, 3.8) is 0 Å². The van der Waals surface area contributed by atoms with Crippen molar-refractivity contribution in [3.05, 3.63) is 29.8 Å². The van der Waals surface area contributed by atoms with Gasteiger partial charge in [0.15, 0.2) is 0 Å². The van der Waals surface area contributed by atoms with Gasteiger partial charge in [0.25, 0.3) is 0 Å². The van der Waals surface area contributed by atoms with Gasteiger partial charge in [-0.15, -0.1) is 6.42 Å². The SMILES string of the molecule is C#CCNc1ccccc1C(C)CC. The predicted octanol–water partition coefficient (Wildman–Crippen LogP) is 3.25. The molecular weight excluding hydrogens is 170 g/mol. The lowest BCUT2D eigenvalue weighted by molar-refractivity contribution is 0.735. The molecule has 74 valence electrons. The number of para-hydroxylation sites is 1. The third-order valence-corrected chi connectivity index (χ3v) is 2.48. The van der Waals surface area contributed by atoms with Crippen LogP contribution < -0.4 is 5.32 Å². The average Bonchev–Trinajstić information content (AvgIpc) is 2.25. The van der Waals surface area contributed by atoms with Gasteiger partial charge < -0.3 is 5.32 Å². The van der Waals surface area contributed by atoms with Crippen LogP contribution in [0.1, 0.15) is 31.7 Å². The molecule has 1 atom stereocenters. The third-order valence-electron chi connectivity index (χ3n) is 2.48. The van der Waals surface area contributed by atoms with Gasteiger partial charge in [0.2, 0.25) is 0 Å². The maximum atomic E-state index is 5.22. The summed E-state index contributed by atoms with van der Waals surface area (Å²) >= 11 is 0. The lowest BCUT2D eigenvalue weighted by Gasteiger charge is -2.14. The summed E-state index contributed by atoms with van der Waals surface area (Å²) in [6, 6.07) is 8.35. The summed E-state index contributed by atoms with van der Waals surface area (Å²) in [7, 11) is 0. The molecule has 0 aliphatic rings. The highest BCUT2D eigenvalue weighted by Gasteiger charge is 2.06. The van der Waals surface area contributed by atoms with Gasteiger partial charge >= 0.3 is 0 Å². The number of nitrogens with one attached hydrogen (secondary N) is 1. The van der Waals surface area contributed by atoms with Crippen LogP contribution in [0.15, 0.2) is 24.3 Å². The van der Waals surface area contributed by atoms with Crippen molar-refractivity contribution in [3.8, 4) is 12.3 Å². The number of rotatable bonds is 4. The molecule has 0 aromatic heterocycles. The van der Waals surface area contributed by atoms with Gasteiger partial charge in [0.1, 0.15) is 0 Å². The van der Waals surface area contributed by atoms with Crippen molar-refractivity contribution in [1.29, 1.82) is 0 Å². The number of benzene rings is 1. The third kappa shape index (κ3) is 2.53. The first kappa shape index (κ1) is 10.7. The minimum Gasteiger partial charge on any atom is -0.374 e. The van der Waals surface area contributed by atoms with E-state index in [0.29, 0.717) is 12.5 Å². The molecule has 0 saturated carbocycles. The molecule has 0 saturated heterocycles. The number of hydrogen-bond acceptors (Lipinski definition) is 1. The van der Waals surface area contributed by atoms with E-state index in [4.69, 9.17) is 6.42 Å². The van der Waals surface area contributed by atoms with E-state index in [-0.39, 0.29) is 0 Å². The maximum absolute atomic E-state index is 5.22. The number of terminal acetylenes is 1. The molecular formula is C13H17N. The van der Waals surface area contributed by atoms with E-state index < -0.39 is 0 Å². The monoisotopic (exact) mass is 187 g/mol. The predicted molar refractivity (Wildman–Crippen MR) is 62.5 cm³/mol. The number of hydrogen-bond donors (Lipinski definition) is 1. The van der Waals surface area contributed by atoms with Gasteiger partial charge in [-0.25, -0.2) is 0 Å². The molecule has 0 aliphatic heterocycles. The first-order valence-electron chi connectivity index (χ1n) is 5.05. The molecule has 0 bridgehead atoms. The summed E-state index contributed by atoms with van der Waals surface area (Å²) in [6.07, 6.45) is 6.37. The summed E-state index contributed by atoms with van der Waals surface area (Å²) in [5.74, 6) is 3.17. The Hall–Kier alpha value is -1.42. The van der Waals surface area contributed by atoms with Crippen LogP contribution in [0.25, 0.3) is 0 Å². The Bertz CT molecular complexity index is 322. The summed E-state index contributed by atoms with van der Waals surface area (Å²) in [5.41, 5.74) is 2.52. The average molecular weight is 187 g/mol. The highest BCUT2D eigenvalue weighted by Crippen LogP contribution is 2.26. The fraction of sp³-hybridized carbons (Fsp3) is 0.385. The van der Waals surface area contributed by atoms with Crippen LogP contribution in [0.3, 0.4) is 0 Å². The van der Waals surface area contributed by atoms with Gasteiger partial charge in [-0.05, 0) is 24.0 Å². The second-order valence-corrected chi connectivity index (χ2v) is 3.45. The summed E-state index contributed by atoms with van der Waals surface area (Å²) in [4.78, 5) is 0. The van der Waals surface area contributed by atoms with E-state index >= 15 is 0 Å². The van der Waals surface area contributed by atoms with Crippen LogP contribution in [0.5, 0.6) is 0 Å². The molecule has 1 rings (SSSR count). The summed E-state index contributed by atoms with van der Waals surface area (Å²) in [6.45, 7) is 5.02. The molecule has 0 aliphatic carbocycles. The van der Waals surface area contributed by atoms with Crippen molar-refractivity contribution >= 4 is 5.69 Å². The lowest BCUT2D eigenvalue weighted by atomic mass is 9.97. The Morgan fingerprint density at radius 3 is 2.79 bits per heavy atom. The van der Waals surface area contributed by atoms with Crippen LogP contribution in [0, 0.1) is 12.3 Å². The quantitative estimate of drug-likeness (QED) is 0.713. The van der Waals surface area contributed by atoms with Crippen LogP contribution in [-0.2, 0) is 0 Å². The Balaban J connectivity index is 2.86. The molecule has 0 radical (unpaired) electrons. The topological polar surface area (TPSA) is 12.0 Å². The first-order valence-corrected chi connectivity index (χ1v) is 5.05. The zero-order chi connectivity index (χ0) is 10.4. The second-order valence-electron chi connectivity index (χ2n) is 3.45. The molecule has 0 spiro atoms. The minimum atomic E-state index is 0.580. The molecule has 1 N–H and O–H groups in total. The van der Waals surface area contributed by atoms with Crippen LogP contribution in [0.4, 0.5) is 5.69 Å². The number of anilines is 1. The fourth-order valence-corrected chi connectivity index (χ4v) is 1.45. The maximum Gasteiger partial charge on any atom is 0.0763 e. The molecule has 0 heterocycles.